The SMILES string of the molecule is CCc1nn(C)cc1NC(=O)c1cc(F)ccc1Br. The molecule has 19 heavy (non-hydrogen) atoms. The van der Waals surface area contributed by atoms with Crippen molar-refractivity contribution in [2.24, 2.45) is 7.05 Å². The van der Waals surface area contributed by atoms with Crippen molar-refractivity contribution in [2.75, 3.05) is 5.32 Å². The molecule has 0 fully saturated rings. The Bertz CT molecular complexity index is 624. The van der Waals surface area contributed by atoms with Gasteiger partial charge in [-0.15, -0.1) is 0 Å². The number of anilines is 1. The van der Waals surface area contributed by atoms with Crippen molar-refractivity contribution in [1.29, 1.82) is 0 Å². The summed E-state index contributed by atoms with van der Waals surface area (Å²) in [6.07, 6.45) is 2.44. The number of hydrogen-bond donors (Lipinski definition) is 1. The Morgan fingerprint density at radius 3 is 2.95 bits per heavy atom. The van der Waals surface area contributed by atoms with Gasteiger partial charge >= 0.3 is 0 Å². The molecule has 0 spiro atoms. The number of halogens is 2. The Labute approximate surface area is 118 Å². The Morgan fingerprint density at radius 2 is 2.26 bits per heavy atom. The smallest absolute Gasteiger partial charge is 0.257 e. The molecule has 0 atom stereocenters. The number of hydrogen-bond acceptors (Lipinski definition) is 2. The lowest BCUT2D eigenvalue weighted by Crippen LogP contribution is -2.13. The van der Waals surface area contributed by atoms with Gasteiger partial charge in [0.15, 0.2) is 0 Å². The molecule has 1 N–H and O–H groups in total. The number of carbonyl (C=O) groups excluding carboxylic acids is 1. The number of aryl methyl sites for hydroxylation is 2. The van der Waals surface area contributed by atoms with Crippen LogP contribution in [0.1, 0.15) is 23.0 Å². The number of nitrogens with zero attached hydrogens (tertiary/aromatic N) is 2. The molecule has 0 aliphatic rings. The summed E-state index contributed by atoms with van der Waals surface area (Å²) in [6, 6.07) is 4.00. The van der Waals surface area contributed by atoms with Crippen LogP contribution in [0, 0.1) is 5.82 Å². The van der Waals surface area contributed by atoms with E-state index in [1.54, 1.807) is 17.9 Å². The fraction of sp³-hybridized carbons (Fsp3) is 0.231. The summed E-state index contributed by atoms with van der Waals surface area (Å²) >= 11 is 3.24. The van der Waals surface area contributed by atoms with Crippen LogP contribution in [0.3, 0.4) is 0 Å². The van der Waals surface area contributed by atoms with Crippen molar-refractivity contribution in [3.63, 3.8) is 0 Å². The summed E-state index contributed by atoms with van der Waals surface area (Å²) in [5.74, 6) is -0.815. The van der Waals surface area contributed by atoms with Crippen LogP contribution < -0.4 is 5.32 Å². The average Bonchev–Trinajstić information content (AvgIpc) is 2.72. The lowest BCUT2D eigenvalue weighted by atomic mass is 10.2. The van der Waals surface area contributed by atoms with E-state index in [0.717, 1.165) is 5.69 Å². The number of aromatic nitrogens is 2. The summed E-state index contributed by atoms with van der Waals surface area (Å²) in [4.78, 5) is 12.1. The van der Waals surface area contributed by atoms with Gasteiger partial charge in [-0.05, 0) is 40.5 Å². The van der Waals surface area contributed by atoms with Gasteiger partial charge in [0.1, 0.15) is 5.82 Å². The first kappa shape index (κ1) is 13.7. The van der Waals surface area contributed by atoms with Crippen LogP contribution in [-0.2, 0) is 13.5 Å². The summed E-state index contributed by atoms with van der Waals surface area (Å²) < 4.78 is 15.4. The molecular weight excluding hydrogens is 313 g/mol. The zero-order valence-electron chi connectivity index (χ0n) is 10.6. The van der Waals surface area contributed by atoms with Crippen LogP contribution in [0.25, 0.3) is 0 Å². The molecule has 0 saturated carbocycles. The second-order valence-electron chi connectivity index (χ2n) is 4.09. The van der Waals surface area contributed by atoms with Gasteiger partial charge in [-0.2, -0.15) is 5.10 Å². The van der Waals surface area contributed by atoms with Crippen molar-refractivity contribution in [3.05, 3.63) is 45.9 Å². The highest BCUT2D eigenvalue weighted by Gasteiger charge is 2.14. The fourth-order valence-corrected chi connectivity index (χ4v) is 2.19. The first-order chi connectivity index (χ1) is 9.01. The minimum atomic E-state index is -0.449. The van der Waals surface area contributed by atoms with Gasteiger partial charge in [0, 0.05) is 17.7 Å². The third-order valence-electron chi connectivity index (χ3n) is 2.66. The molecule has 1 amide bonds. The van der Waals surface area contributed by atoms with Gasteiger partial charge in [-0.25, -0.2) is 4.39 Å². The highest BCUT2D eigenvalue weighted by Crippen LogP contribution is 2.21. The Hall–Kier alpha value is -1.69. The third kappa shape index (κ3) is 3.01. The maximum absolute atomic E-state index is 13.2. The van der Waals surface area contributed by atoms with Gasteiger partial charge in [0.25, 0.3) is 5.91 Å². The minimum absolute atomic E-state index is 0.255. The Kier molecular flexibility index (Phi) is 3.99. The highest BCUT2D eigenvalue weighted by atomic mass is 79.9. The number of benzene rings is 1. The molecule has 0 saturated heterocycles. The zero-order chi connectivity index (χ0) is 14.0. The molecule has 0 aliphatic heterocycles. The topological polar surface area (TPSA) is 46.9 Å². The van der Waals surface area contributed by atoms with E-state index < -0.39 is 5.82 Å². The summed E-state index contributed by atoms with van der Waals surface area (Å²) in [5, 5.41) is 6.98. The molecule has 0 bridgehead atoms. The standard InChI is InChI=1S/C13H13BrFN3O/c1-3-11-12(7-18(2)17-11)16-13(19)9-6-8(15)4-5-10(9)14/h4-7H,3H2,1-2H3,(H,16,19). The van der Waals surface area contributed by atoms with Crippen LogP contribution in [-0.4, -0.2) is 15.7 Å². The molecule has 6 heteroatoms. The average molecular weight is 326 g/mol. The molecule has 2 rings (SSSR count). The van der Waals surface area contributed by atoms with E-state index in [9.17, 15) is 9.18 Å². The lowest BCUT2D eigenvalue weighted by Gasteiger charge is -2.06. The summed E-state index contributed by atoms with van der Waals surface area (Å²) in [5.41, 5.74) is 1.69. The minimum Gasteiger partial charge on any atom is -0.319 e. The molecule has 4 nitrogen and oxygen atoms in total. The molecule has 0 unspecified atom stereocenters. The molecule has 1 aromatic heterocycles. The van der Waals surface area contributed by atoms with E-state index in [-0.39, 0.29) is 11.5 Å². The lowest BCUT2D eigenvalue weighted by molar-refractivity contribution is 0.102. The van der Waals surface area contributed by atoms with Crippen LogP contribution in [0.2, 0.25) is 0 Å². The first-order valence-corrected chi connectivity index (χ1v) is 6.59. The van der Waals surface area contributed by atoms with Crippen LogP contribution >= 0.6 is 15.9 Å². The monoisotopic (exact) mass is 325 g/mol. The van der Waals surface area contributed by atoms with Crippen molar-refractivity contribution in [1.82, 2.24) is 9.78 Å². The first-order valence-electron chi connectivity index (χ1n) is 5.80. The molecule has 1 heterocycles. The van der Waals surface area contributed by atoms with E-state index in [4.69, 9.17) is 0 Å². The number of nitrogens with one attached hydrogen (secondary N) is 1. The molecule has 0 radical (unpaired) electrons. The van der Waals surface area contributed by atoms with Crippen molar-refractivity contribution in [2.45, 2.75) is 13.3 Å². The molecule has 1 aromatic carbocycles. The van der Waals surface area contributed by atoms with Crippen molar-refractivity contribution >= 4 is 27.5 Å². The summed E-state index contributed by atoms with van der Waals surface area (Å²) in [6.45, 7) is 1.95. The van der Waals surface area contributed by atoms with Crippen LogP contribution in [0.4, 0.5) is 10.1 Å². The zero-order valence-corrected chi connectivity index (χ0v) is 12.2. The third-order valence-corrected chi connectivity index (χ3v) is 3.35. The van der Waals surface area contributed by atoms with Crippen LogP contribution in [0.5, 0.6) is 0 Å². The maximum Gasteiger partial charge on any atom is 0.257 e. The van der Waals surface area contributed by atoms with Gasteiger partial charge in [-0.3, -0.25) is 9.48 Å². The van der Waals surface area contributed by atoms with Gasteiger partial charge in [0.05, 0.1) is 16.9 Å². The largest absolute Gasteiger partial charge is 0.319 e. The molecule has 0 aliphatic carbocycles. The van der Waals surface area contributed by atoms with Crippen molar-refractivity contribution in [3.8, 4) is 0 Å². The van der Waals surface area contributed by atoms with Crippen LogP contribution in [0.15, 0.2) is 28.9 Å². The van der Waals surface area contributed by atoms with Gasteiger partial charge in [-0.1, -0.05) is 6.92 Å². The molecule has 100 valence electrons. The Balaban J connectivity index is 2.27. The number of carbonyl (C=O) groups is 1. The maximum atomic E-state index is 13.2. The van der Waals surface area contributed by atoms with Crippen molar-refractivity contribution < 1.29 is 9.18 Å². The summed E-state index contributed by atoms with van der Waals surface area (Å²) in [7, 11) is 1.78. The molecular formula is C13H13BrFN3O. The van der Waals surface area contributed by atoms with E-state index >= 15 is 0 Å². The fourth-order valence-electron chi connectivity index (χ4n) is 1.76. The van der Waals surface area contributed by atoms with Gasteiger partial charge < -0.3 is 5.32 Å². The van der Waals surface area contributed by atoms with E-state index in [1.165, 1.54) is 18.2 Å². The number of rotatable bonds is 3. The van der Waals surface area contributed by atoms with E-state index in [0.29, 0.717) is 16.6 Å². The second-order valence-corrected chi connectivity index (χ2v) is 4.95. The predicted molar refractivity (Wildman–Crippen MR) is 74.6 cm³/mol. The highest BCUT2D eigenvalue weighted by molar-refractivity contribution is 9.10. The number of amides is 1. The quantitative estimate of drug-likeness (QED) is 0.942. The van der Waals surface area contributed by atoms with E-state index in [2.05, 4.69) is 26.3 Å². The van der Waals surface area contributed by atoms with Gasteiger partial charge in [0.2, 0.25) is 0 Å². The normalized spacial score (nSPS) is 10.5. The van der Waals surface area contributed by atoms with E-state index in [1.807, 2.05) is 6.92 Å². The second kappa shape index (κ2) is 5.52. The molecule has 2 aromatic rings. The Morgan fingerprint density at radius 1 is 1.53 bits per heavy atom. The predicted octanol–water partition coefficient (Wildman–Crippen LogP) is 3.14.